The van der Waals surface area contributed by atoms with Crippen molar-refractivity contribution in [2.45, 2.75) is 6.42 Å². The molecule has 29 heavy (non-hydrogen) atoms. The van der Waals surface area contributed by atoms with Crippen molar-refractivity contribution in [1.29, 1.82) is 0 Å². The monoisotopic (exact) mass is 454 g/mol. The lowest BCUT2D eigenvalue weighted by Crippen LogP contribution is -2.09. The number of hydrogen-bond donors (Lipinski definition) is 0. The molecule has 0 aromatic heterocycles. The van der Waals surface area contributed by atoms with Crippen LogP contribution >= 0.6 is 15.9 Å². The van der Waals surface area contributed by atoms with Crippen LogP contribution < -0.4 is 9.47 Å². The van der Waals surface area contributed by atoms with Crippen molar-refractivity contribution in [2.24, 2.45) is 0 Å². The Morgan fingerprint density at radius 2 is 1.55 bits per heavy atom. The van der Waals surface area contributed by atoms with E-state index in [0.29, 0.717) is 33.7 Å². The second kappa shape index (κ2) is 9.89. The minimum atomic E-state index is -0.507. The normalized spacial score (nSPS) is 10.3. The van der Waals surface area contributed by atoms with E-state index in [0.717, 1.165) is 6.42 Å². The van der Waals surface area contributed by atoms with Crippen LogP contribution in [0.4, 0.5) is 0 Å². The minimum absolute atomic E-state index is 0.335. The molecule has 0 amide bonds. The highest BCUT2D eigenvalue weighted by Crippen LogP contribution is 2.27. The van der Waals surface area contributed by atoms with Gasteiger partial charge in [0.15, 0.2) is 0 Å². The van der Waals surface area contributed by atoms with E-state index in [1.54, 1.807) is 30.3 Å². The quantitative estimate of drug-likeness (QED) is 0.368. The molecular weight excluding hydrogens is 436 g/mol. The highest BCUT2D eigenvalue weighted by Gasteiger charge is 2.13. The lowest BCUT2D eigenvalue weighted by molar-refractivity contribution is 0.0600. The Bertz CT molecular complexity index is 984. The lowest BCUT2D eigenvalue weighted by atomic mass is 10.2. The van der Waals surface area contributed by atoms with Gasteiger partial charge in [-0.15, -0.1) is 0 Å². The van der Waals surface area contributed by atoms with Crippen molar-refractivity contribution in [3.05, 3.63) is 94.0 Å². The summed E-state index contributed by atoms with van der Waals surface area (Å²) in [6, 6.07) is 21.3. The van der Waals surface area contributed by atoms with Crippen LogP contribution in [0.3, 0.4) is 0 Å². The summed E-state index contributed by atoms with van der Waals surface area (Å²) in [4.78, 5) is 23.8. The first-order chi connectivity index (χ1) is 14.1. The van der Waals surface area contributed by atoms with Gasteiger partial charge < -0.3 is 14.2 Å². The minimum Gasteiger partial charge on any atom is -0.492 e. The van der Waals surface area contributed by atoms with Crippen molar-refractivity contribution in [2.75, 3.05) is 13.7 Å². The van der Waals surface area contributed by atoms with Crippen LogP contribution in [-0.2, 0) is 11.2 Å². The molecule has 0 heterocycles. The fourth-order valence-corrected chi connectivity index (χ4v) is 3.10. The molecular formula is C23H19BrO5. The van der Waals surface area contributed by atoms with Crippen molar-refractivity contribution >= 4 is 27.9 Å². The highest BCUT2D eigenvalue weighted by atomic mass is 79.9. The molecule has 0 aliphatic heterocycles. The topological polar surface area (TPSA) is 61.8 Å². The second-order valence-corrected chi connectivity index (χ2v) is 6.99. The molecule has 3 aromatic rings. The van der Waals surface area contributed by atoms with Crippen LogP contribution in [0.25, 0.3) is 0 Å². The van der Waals surface area contributed by atoms with Crippen LogP contribution in [0, 0.1) is 0 Å². The summed E-state index contributed by atoms with van der Waals surface area (Å²) in [7, 11) is 1.31. The SMILES string of the molecule is COC(=O)c1ccc(OC(=O)c2ccc(OCCc3ccccc3)c(Br)c2)cc1. The van der Waals surface area contributed by atoms with Gasteiger partial charge >= 0.3 is 11.9 Å². The Labute approximate surface area is 177 Å². The molecule has 0 unspecified atom stereocenters. The molecule has 0 N–H and O–H groups in total. The van der Waals surface area contributed by atoms with E-state index in [2.05, 4.69) is 32.8 Å². The molecule has 5 nitrogen and oxygen atoms in total. The predicted octanol–water partition coefficient (Wildman–Crippen LogP) is 5.08. The molecule has 0 bridgehead atoms. The van der Waals surface area contributed by atoms with Gasteiger partial charge in [0.2, 0.25) is 0 Å². The third-order valence-electron chi connectivity index (χ3n) is 4.14. The number of methoxy groups -OCH3 is 1. The Balaban J connectivity index is 1.58. The molecule has 0 atom stereocenters. The van der Waals surface area contributed by atoms with Gasteiger partial charge in [0.1, 0.15) is 11.5 Å². The molecule has 0 aliphatic rings. The van der Waals surface area contributed by atoms with Gasteiger partial charge in [0.25, 0.3) is 0 Å². The molecule has 0 saturated heterocycles. The van der Waals surface area contributed by atoms with Gasteiger partial charge in [-0.25, -0.2) is 9.59 Å². The molecule has 3 aromatic carbocycles. The number of carbonyl (C=O) groups is 2. The fourth-order valence-electron chi connectivity index (χ4n) is 2.61. The predicted molar refractivity (Wildman–Crippen MR) is 113 cm³/mol. The molecule has 0 aliphatic carbocycles. The number of carbonyl (C=O) groups excluding carboxylic acids is 2. The zero-order valence-corrected chi connectivity index (χ0v) is 17.3. The lowest BCUT2D eigenvalue weighted by Gasteiger charge is -2.10. The van der Waals surface area contributed by atoms with Gasteiger partial charge in [-0.05, 0) is 64.0 Å². The fraction of sp³-hybridized carbons (Fsp3) is 0.130. The average molecular weight is 455 g/mol. The summed E-state index contributed by atoms with van der Waals surface area (Å²) in [5.74, 6) is 0.0314. The van der Waals surface area contributed by atoms with E-state index in [9.17, 15) is 9.59 Å². The summed E-state index contributed by atoms with van der Waals surface area (Å²) in [6.07, 6.45) is 0.790. The summed E-state index contributed by atoms with van der Waals surface area (Å²) < 4.78 is 16.5. The zero-order chi connectivity index (χ0) is 20.6. The van der Waals surface area contributed by atoms with E-state index >= 15 is 0 Å². The number of hydrogen-bond acceptors (Lipinski definition) is 5. The molecule has 0 fully saturated rings. The number of esters is 2. The van der Waals surface area contributed by atoms with Crippen LogP contribution in [0.15, 0.2) is 77.3 Å². The third-order valence-corrected chi connectivity index (χ3v) is 4.76. The first-order valence-corrected chi connectivity index (χ1v) is 9.73. The first kappa shape index (κ1) is 20.6. The van der Waals surface area contributed by atoms with Crippen LogP contribution in [0.2, 0.25) is 0 Å². The summed E-state index contributed by atoms with van der Waals surface area (Å²) in [5.41, 5.74) is 1.96. The van der Waals surface area contributed by atoms with Crippen molar-refractivity contribution in [3.8, 4) is 11.5 Å². The Kier molecular flexibility index (Phi) is 7.03. The Morgan fingerprint density at radius 3 is 2.21 bits per heavy atom. The van der Waals surface area contributed by atoms with Crippen LogP contribution in [-0.4, -0.2) is 25.7 Å². The number of rotatable bonds is 7. The van der Waals surface area contributed by atoms with E-state index in [-0.39, 0.29) is 0 Å². The van der Waals surface area contributed by atoms with E-state index in [1.165, 1.54) is 24.8 Å². The first-order valence-electron chi connectivity index (χ1n) is 8.93. The molecule has 0 spiro atoms. The summed E-state index contributed by atoms with van der Waals surface area (Å²) >= 11 is 3.44. The molecule has 148 valence electrons. The van der Waals surface area contributed by atoms with Crippen molar-refractivity contribution < 1.29 is 23.8 Å². The number of ether oxygens (including phenoxy) is 3. The smallest absolute Gasteiger partial charge is 0.343 e. The Hall–Kier alpha value is -3.12. The van der Waals surface area contributed by atoms with E-state index < -0.39 is 11.9 Å². The highest BCUT2D eigenvalue weighted by molar-refractivity contribution is 9.10. The molecule has 3 rings (SSSR count). The van der Waals surface area contributed by atoms with Crippen molar-refractivity contribution in [3.63, 3.8) is 0 Å². The van der Waals surface area contributed by atoms with E-state index in [1.807, 2.05) is 18.2 Å². The third kappa shape index (κ3) is 5.68. The van der Waals surface area contributed by atoms with Gasteiger partial charge in [0.05, 0.1) is 29.3 Å². The molecule has 0 saturated carbocycles. The maximum Gasteiger partial charge on any atom is 0.343 e. The largest absolute Gasteiger partial charge is 0.492 e. The molecule has 6 heteroatoms. The zero-order valence-electron chi connectivity index (χ0n) is 15.8. The molecule has 0 radical (unpaired) electrons. The summed E-state index contributed by atoms with van der Waals surface area (Å²) in [5, 5.41) is 0. The van der Waals surface area contributed by atoms with Gasteiger partial charge in [-0.2, -0.15) is 0 Å². The number of halogens is 1. The maximum absolute atomic E-state index is 12.4. The summed E-state index contributed by atoms with van der Waals surface area (Å²) in [6.45, 7) is 0.527. The van der Waals surface area contributed by atoms with Crippen LogP contribution in [0.1, 0.15) is 26.3 Å². The standard InChI is InChI=1S/C23H19BrO5/c1-27-22(25)17-7-10-19(11-8-17)29-23(26)18-9-12-21(20(24)15-18)28-14-13-16-5-3-2-4-6-16/h2-12,15H,13-14H2,1H3. The Morgan fingerprint density at radius 1 is 0.862 bits per heavy atom. The van der Waals surface area contributed by atoms with Gasteiger partial charge in [0, 0.05) is 6.42 Å². The van der Waals surface area contributed by atoms with E-state index in [4.69, 9.17) is 9.47 Å². The second-order valence-electron chi connectivity index (χ2n) is 6.13. The van der Waals surface area contributed by atoms with Crippen molar-refractivity contribution in [1.82, 2.24) is 0 Å². The van der Waals surface area contributed by atoms with Crippen LogP contribution in [0.5, 0.6) is 11.5 Å². The maximum atomic E-state index is 12.4. The van der Waals surface area contributed by atoms with Gasteiger partial charge in [-0.3, -0.25) is 0 Å². The van der Waals surface area contributed by atoms with Gasteiger partial charge in [-0.1, -0.05) is 30.3 Å². The number of benzene rings is 3. The average Bonchev–Trinajstić information content (AvgIpc) is 2.75.